The van der Waals surface area contributed by atoms with Gasteiger partial charge in [0.15, 0.2) is 5.82 Å². The standard InChI is InChI=1S/C23H28N6O2/c30-22(24-15-21-27-26-20-9-5-3-7-12-28(20)21)16-10-11-17-18(14-16)25-19-8-4-1-2-6-13-29(19)23(17)31/h10-11,14H,1-9,12-13,15H2,(H,24,30). The summed E-state index contributed by atoms with van der Waals surface area (Å²) in [7, 11) is 0. The molecule has 0 atom stereocenters. The smallest absolute Gasteiger partial charge is 0.261 e. The molecule has 0 saturated carbocycles. The Morgan fingerprint density at radius 1 is 0.903 bits per heavy atom. The zero-order valence-corrected chi connectivity index (χ0v) is 17.8. The zero-order chi connectivity index (χ0) is 21.2. The van der Waals surface area contributed by atoms with E-state index in [9.17, 15) is 9.59 Å². The van der Waals surface area contributed by atoms with Gasteiger partial charge in [0.1, 0.15) is 11.6 Å². The summed E-state index contributed by atoms with van der Waals surface area (Å²) < 4.78 is 3.95. The molecule has 0 spiro atoms. The van der Waals surface area contributed by atoms with E-state index in [2.05, 4.69) is 20.1 Å². The number of benzene rings is 1. The van der Waals surface area contributed by atoms with Gasteiger partial charge in [0.25, 0.3) is 11.5 Å². The van der Waals surface area contributed by atoms with Crippen molar-refractivity contribution >= 4 is 16.8 Å². The SMILES string of the molecule is O=C(NCc1nnc2n1CCCCC2)c1ccc2c(=O)n3c(nc2c1)CCCCCC3. The van der Waals surface area contributed by atoms with Crippen LogP contribution in [-0.2, 0) is 32.5 Å². The van der Waals surface area contributed by atoms with Crippen LogP contribution in [0.5, 0.6) is 0 Å². The Morgan fingerprint density at radius 3 is 2.52 bits per heavy atom. The van der Waals surface area contributed by atoms with Crippen molar-refractivity contribution in [3.8, 4) is 0 Å². The molecule has 1 amide bonds. The summed E-state index contributed by atoms with van der Waals surface area (Å²) in [6.45, 7) is 1.97. The molecule has 5 rings (SSSR count). The summed E-state index contributed by atoms with van der Waals surface area (Å²) in [5.41, 5.74) is 1.10. The first-order valence-electron chi connectivity index (χ1n) is 11.4. The maximum atomic E-state index is 13.0. The second kappa shape index (κ2) is 8.61. The molecule has 0 aliphatic carbocycles. The molecule has 2 aliphatic rings. The molecule has 4 heterocycles. The van der Waals surface area contributed by atoms with Gasteiger partial charge in [0, 0.05) is 31.5 Å². The summed E-state index contributed by atoms with van der Waals surface area (Å²) >= 11 is 0. The minimum absolute atomic E-state index is 0.0000103. The second-order valence-electron chi connectivity index (χ2n) is 8.56. The van der Waals surface area contributed by atoms with E-state index < -0.39 is 0 Å². The maximum Gasteiger partial charge on any atom is 0.261 e. The number of nitrogens with zero attached hydrogens (tertiary/aromatic N) is 5. The normalized spacial score (nSPS) is 16.6. The van der Waals surface area contributed by atoms with E-state index in [1.54, 1.807) is 18.2 Å². The monoisotopic (exact) mass is 420 g/mol. The fourth-order valence-electron chi connectivity index (χ4n) is 4.67. The van der Waals surface area contributed by atoms with E-state index in [1.807, 2.05) is 4.57 Å². The van der Waals surface area contributed by atoms with E-state index >= 15 is 0 Å². The lowest BCUT2D eigenvalue weighted by atomic mass is 10.1. The Hall–Kier alpha value is -3.03. The van der Waals surface area contributed by atoms with Crippen LogP contribution in [0.1, 0.15) is 72.8 Å². The van der Waals surface area contributed by atoms with Gasteiger partial charge in [-0.3, -0.25) is 14.2 Å². The van der Waals surface area contributed by atoms with Gasteiger partial charge < -0.3 is 9.88 Å². The average Bonchev–Trinajstić information content (AvgIpc) is 2.99. The minimum Gasteiger partial charge on any atom is -0.345 e. The van der Waals surface area contributed by atoms with Crippen molar-refractivity contribution in [2.24, 2.45) is 0 Å². The Morgan fingerprint density at radius 2 is 1.65 bits per heavy atom. The number of aryl methyl sites for hydroxylation is 2. The molecule has 1 aromatic carbocycles. The van der Waals surface area contributed by atoms with Gasteiger partial charge in [0.2, 0.25) is 0 Å². The number of carbonyl (C=O) groups excluding carboxylic acids is 1. The van der Waals surface area contributed by atoms with Crippen molar-refractivity contribution < 1.29 is 4.79 Å². The van der Waals surface area contributed by atoms with Crippen LogP contribution in [0.2, 0.25) is 0 Å². The van der Waals surface area contributed by atoms with E-state index in [0.29, 0.717) is 23.0 Å². The van der Waals surface area contributed by atoms with E-state index in [-0.39, 0.29) is 11.5 Å². The second-order valence-corrected chi connectivity index (χ2v) is 8.56. The van der Waals surface area contributed by atoms with Gasteiger partial charge in [-0.25, -0.2) is 4.98 Å². The molecule has 2 aliphatic heterocycles. The first kappa shape index (κ1) is 19.9. The fraction of sp³-hybridized carbons (Fsp3) is 0.522. The summed E-state index contributed by atoms with van der Waals surface area (Å²) in [6.07, 6.45) is 9.56. The molecule has 0 radical (unpaired) electrons. The third-order valence-corrected chi connectivity index (χ3v) is 6.42. The van der Waals surface area contributed by atoms with Crippen molar-refractivity contribution in [1.82, 2.24) is 29.6 Å². The number of hydrogen-bond acceptors (Lipinski definition) is 5. The van der Waals surface area contributed by atoms with Crippen LogP contribution in [-0.4, -0.2) is 30.2 Å². The van der Waals surface area contributed by atoms with Gasteiger partial charge >= 0.3 is 0 Å². The molecule has 8 heteroatoms. The van der Waals surface area contributed by atoms with Crippen LogP contribution in [0.15, 0.2) is 23.0 Å². The van der Waals surface area contributed by atoms with Crippen molar-refractivity contribution in [2.75, 3.05) is 0 Å². The van der Waals surface area contributed by atoms with E-state index in [0.717, 1.165) is 75.5 Å². The maximum absolute atomic E-state index is 13.0. The molecular formula is C23H28N6O2. The lowest BCUT2D eigenvalue weighted by Gasteiger charge is -2.16. The third-order valence-electron chi connectivity index (χ3n) is 6.42. The molecule has 3 aromatic rings. The van der Waals surface area contributed by atoms with Crippen molar-refractivity contribution in [3.63, 3.8) is 0 Å². The summed E-state index contributed by atoms with van der Waals surface area (Å²) in [5, 5.41) is 12.1. The topological polar surface area (TPSA) is 94.7 Å². The Bertz CT molecular complexity index is 1180. The Labute approximate surface area is 180 Å². The lowest BCUT2D eigenvalue weighted by Crippen LogP contribution is -2.27. The molecule has 8 nitrogen and oxygen atoms in total. The number of fused-ring (bicyclic) bond motifs is 3. The van der Waals surface area contributed by atoms with E-state index in [1.165, 1.54) is 12.8 Å². The largest absolute Gasteiger partial charge is 0.345 e. The van der Waals surface area contributed by atoms with Crippen LogP contribution in [0.4, 0.5) is 0 Å². The van der Waals surface area contributed by atoms with Crippen molar-refractivity contribution in [2.45, 2.75) is 77.4 Å². The number of nitrogens with one attached hydrogen (secondary N) is 1. The summed E-state index contributed by atoms with van der Waals surface area (Å²) in [5.74, 6) is 2.44. The molecular weight excluding hydrogens is 392 g/mol. The highest BCUT2D eigenvalue weighted by atomic mass is 16.1. The molecule has 0 saturated heterocycles. The number of amides is 1. The molecule has 2 aromatic heterocycles. The highest BCUT2D eigenvalue weighted by molar-refractivity contribution is 5.97. The van der Waals surface area contributed by atoms with Crippen LogP contribution in [0, 0.1) is 0 Å². The summed E-state index contributed by atoms with van der Waals surface area (Å²) in [4.78, 5) is 30.5. The van der Waals surface area contributed by atoms with Crippen molar-refractivity contribution in [1.29, 1.82) is 0 Å². The van der Waals surface area contributed by atoms with Gasteiger partial charge in [0.05, 0.1) is 17.4 Å². The predicted octanol–water partition coefficient (Wildman–Crippen LogP) is 2.76. The highest BCUT2D eigenvalue weighted by Crippen LogP contribution is 2.17. The molecule has 162 valence electrons. The zero-order valence-electron chi connectivity index (χ0n) is 17.8. The van der Waals surface area contributed by atoms with Gasteiger partial charge in [-0.1, -0.05) is 19.3 Å². The quantitative estimate of drug-likeness (QED) is 0.703. The minimum atomic E-state index is -0.193. The molecule has 1 N–H and O–H groups in total. The fourth-order valence-corrected chi connectivity index (χ4v) is 4.67. The van der Waals surface area contributed by atoms with Crippen LogP contribution in [0.25, 0.3) is 10.9 Å². The van der Waals surface area contributed by atoms with Crippen LogP contribution in [0.3, 0.4) is 0 Å². The molecule has 0 unspecified atom stereocenters. The lowest BCUT2D eigenvalue weighted by molar-refractivity contribution is 0.0949. The summed E-state index contributed by atoms with van der Waals surface area (Å²) in [6, 6.07) is 5.17. The third kappa shape index (κ3) is 3.98. The number of aromatic nitrogens is 5. The van der Waals surface area contributed by atoms with Crippen LogP contribution >= 0.6 is 0 Å². The molecule has 0 fully saturated rings. The number of rotatable bonds is 3. The Kier molecular flexibility index (Phi) is 5.53. The number of carbonyl (C=O) groups is 1. The average molecular weight is 421 g/mol. The molecule has 0 bridgehead atoms. The van der Waals surface area contributed by atoms with Gasteiger partial charge in [-0.15, -0.1) is 10.2 Å². The van der Waals surface area contributed by atoms with Gasteiger partial charge in [-0.2, -0.15) is 0 Å². The Balaban J connectivity index is 1.37. The van der Waals surface area contributed by atoms with Crippen molar-refractivity contribution in [3.05, 3.63) is 51.6 Å². The highest BCUT2D eigenvalue weighted by Gasteiger charge is 2.17. The van der Waals surface area contributed by atoms with Gasteiger partial charge in [-0.05, 0) is 43.9 Å². The predicted molar refractivity (Wildman–Crippen MR) is 117 cm³/mol. The number of hydrogen-bond donors (Lipinski definition) is 1. The first-order chi connectivity index (χ1) is 15.2. The molecule has 31 heavy (non-hydrogen) atoms. The van der Waals surface area contributed by atoms with Crippen LogP contribution < -0.4 is 10.9 Å². The van der Waals surface area contributed by atoms with E-state index in [4.69, 9.17) is 4.98 Å². The first-order valence-corrected chi connectivity index (χ1v) is 11.4.